The predicted molar refractivity (Wildman–Crippen MR) is 66.6 cm³/mol. The van der Waals surface area contributed by atoms with Crippen molar-refractivity contribution < 1.29 is 14.3 Å². The number of nitrogens with zero attached hydrogens (tertiary/aromatic N) is 3. The molecule has 0 aromatic carbocycles. The van der Waals surface area contributed by atoms with Crippen LogP contribution in [0.15, 0.2) is 18.0 Å². The topological polar surface area (TPSA) is 111 Å². The van der Waals surface area contributed by atoms with Gasteiger partial charge in [0.05, 0.1) is 31.3 Å². The van der Waals surface area contributed by atoms with Gasteiger partial charge in [0.2, 0.25) is 5.88 Å². The largest absolute Gasteiger partial charge is 0.477 e. The lowest BCUT2D eigenvalue weighted by atomic mass is 10.2. The molecule has 0 saturated carbocycles. The third-order valence-electron chi connectivity index (χ3n) is 2.04. The molecule has 1 aromatic heterocycles. The zero-order chi connectivity index (χ0) is 14.3. The van der Waals surface area contributed by atoms with E-state index in [2.05, 4.69) is 9.97 Å². The Morgan fingerprint density at radius 2 is 2.16 bits per heavy atom. The number of hydrogen-bond donors (Lipinski definition) is 1. The van der Waals surface area contributed by atoms with E-state index in [-0.39, 0.29) is 29.5 Å². The predicted octanol–water partition coefficient (Wildman–Crippen LogP) is 0.632. The van der Waals surface area contributed by atoms with Crippen molar-refractivity contribution >= 4 is 11.7 Å². The molecule has 1 aromatic rings. The Morgan fingerprint density at radius 1 is 1.42 bits per heavy atom. The van der Waals surface area contributed by atoms with Crippen molar-refractivity contribution in [2.75, 3.05) is 13.2 Å². The Kier molecular flexibility index (Phi) is 5.29. The summed E-state index contributed by atoms with van der Waals surface area (Å²) in [4.78, 5) is 19.5. The third kappa shape index (κ3) is 3.67. The number of aromatic nitrogens is 2. The van der Waals surface area contributed by atoms with E-state index in [0.29, 0.717) is 6.61 Å². The van der Waals surface area contributed by atoms with E-state index in [9.17, 15) is 4.79 Å². The molecule has 0 amide bonds. The molecule has 0 aliphatic carbocycles. The number of nitriles is 1. The summed E-state index contributed by atoms with van der Waals surface area (Å²) >= 11 is 0. The maximum atomic E-state index is 11.5. The van der Waals surface area contributed by atoms with Crippen LogP contribution in [0.25, 0.3) is 5.70 Å². The standard InChI is InChI=1S/C12H14N4O3/c1-3-18-10-7-15-6-9(16-10)11(14)8(5-13)12(17)19-4-2/h6-7H,3-4,14H2,1-2H3/b11-8-. The van der Waals surface area contributed by atoms with E-state index in [0.717, 1.165) is 0 Å². The summed E-state index contributed by atoms with van der Waals surface area (Å²) in [6, 6.07) is 1.71. The minimum absolute atomic E-state index is 0.0880. The van der Waals surface area contributed by atoms with Gasteiger partial charge in [-0.1, -0.05) is 0 Å². The molecular formula is C12H14N4O3. The molecule has 0 bridgehead atoms. The molecule has 0 spiro atoms. The first-order valence-electron chi connectivity index (χ1n) is 5.66. The Bertz CT molecular complexity index is 534. The molecule has 0 aliphatic rings. The Hall–Kier alpha value is -2.62. The monoisotopic (exact) mass is 262 g/mol. The highest BCUT2D eigenvalue weighted by Gasteiger charge is 2.17. The average molecular weight is 262 g/mol. The van der Waals surface area contributed by atoms with Crippen LogP contribution in [0, 0.1) is 11.3 Å². The number of esters is 1. The first kappa shape index (κ1) is 14.4. The number of hydrogen-bond acceptors (Lipinski definition) is 7. The fraction of sp³-hybridized carbons (Fsp3) is 0.333. The van der Waals surface area contributed by atoms with Gasteiger partial charge in [0.25, 0.3) is 0 Å². The fourth-order valence-corrected chi connectivity index (χ4v) is 1.24. The van der Waals surface area contributed by atoms with Crippen LogP contribution < -0.4 is 10.5 Å². The van der Waals surface area contributed by atoms with E-state index in [4.69, 9.17) is 20.5 Å². The number of nitrogens with two attached hydrogens (primary N) is 1. The average Bonchev–Trinajstić information content (AvgIpc) is 2.40. The second-order valence-electron chi connectivity index (χ2n) is 3.30. The molecule has 7 nitrogen and oxygen atoms in total. The first-order valence-corrected chi connectivity index (χ1v) is 5.66. The SMILES string of the molecule is CCOC(=O)/C(C#N)=C(\N)c1cncc(OCC)n1. The van der Waals surface area contributed by atoms with Gasteiger partial charge in [0.15, 0.2) is 5.57 Å². The molecule has 0 atom stereocenters. The van der Waals surface area contributed by atoms with Gasteiger partial charge >= 0.3 is 5.97 Å². The van der Waals surface area contributed by atoms with Gasteiger partial charge < -0.3 is 15.2 Å². The molecule has 0 saturated heterocycles. The summed E-state index contributed by atoms with van der Waals surface area (Å²) in [6.07, 6.45) is 2.76. The van der Waals surface area contributed by atoms with Gasteiger partial charge in [-0.25, -0.2) is 9.78 Å². The lowest BCUT2D eigenvalue weighted by molar-refractivity contribution is -0.137. The lowest BCUT2D eigenvalue weighted by Crippen LogP contribution is -2.13. The summed E-state index contributed by atoms with van der Waals surface area (Å²) < 4.78 is 9.90. The zero-order valence-corrected chi connectivity index (χ0v) is 10.7. The van der Waals surface area contributed by atoms with Gasteiger partial charge in [-0.2, -0.15) is 5.26 Å². The molecule has 0 fully saturated rings. The normalized spacial score (nSPS) is 11.2. The van der Waals surface area contributed by atoms with E-state index in [1.165, 1.54) is 12.4 Å². The Balaban J connectivity index is 3.15. The minimum atomic E-state index is -0.786. The van der Waals surface area contributed by atoms with E-state index in [1.807, 2.05) is 0 Å². The van der Waals surface area contributed by atoms with Crippen LogP contribution in [-0.4, -0.2) is 29.2 Å². The maximum Gasteiger partial charge on any atom is 0.351 e. The van der Waals surface area contributed by atoms with Gasteiger partial charge in [0, 0.05) is 0 Å². The van der Waals surface area contributed by atoms with Crippen molar-refractivity contribution in [2.24, 2.45) is 5.73 Å². The summed E-state index contributed by atoms with van der Waals surface area (Å²) in [5.41, 5.74) is 5.55. The van der Waals surface area contributed by atoms with E-state index < -0.39 is 5.97 Å². The molecule has 7 heteroatoms. The van der Waals surface area contributed by atoms with Crippen molar-refractivity contribution in [3.8, 4) is 11.9 Å². The summed E-state index contributed by atoms with van der Waals surface area (Å²) in [5.74, 6) is -0.518. The van der Waals surface area contributed by atoms with Crippen molar-refractivity contribution in [3.63, 3.8) is 0 Å². The summed E-state index contributed by atoms with van der Waals surface area (Å²) in [6.45, 7) is 4.01. The molecule has 0 unspecified atom stereocenters. The van der Waals surface area contributed by atoms with Gasteiger partial charge in [-0.05, 0) is 13.8 Å². The maximum absolute atomic E-state index is 11.5. The zero-order valence-electron chi connectivity index (χ0n) is 10.7. The second kappa shape index (κ2) is 6.96. The van der Waals surface area contributed by atoms with Crippen LogP contribution in [0.4, 0.5) is 0 Å². The van der Waals surface area contributed by atoms with Crippen molar-refractivity contribution in [3.05, 3.63) is 23.7 Å². The molecule has 100 valence electrons. The van der Waals surface area contributed by atoms with Crippen molar-refractivity contribution in [2.45, 2.75) is 13.8 Å². The van der Waals surface area contributed by atoms with Crippen LogP contribution >= 0.6 is 0 Å². The lowest BCUT2D eigenvalue weighted by Gasteiger charge is -2.06. The quantitative estimate of drug-likeness (QED) is 0.470. The van der Waals surface area contributed by atoms with Crippen LogP contribution in [0.1, 0.15) is 19.5 Å². The van der Waals surface area contributed by atoms with Gasteiger partial charge in [-0.15, -0.1) is 0 Å². The highest BCUT2D eigenvalue weighted by molar-refractivity contribution is 6.00. The highest BCUT2D eigenvalue weighted by atomic mass is 16.5. The van der Waals surface area contributed by atoms with Gasteiger partial charge in [0.1, 0.15) is 11.8 Å². The van der Waals surface area contributed by atoms with Gasteiger partial charge in [-0.3, -0.25) is 4.98 Å². The van der Waals surface area contributed by atoms with Crippen LogP contribution in [0.5, 0.6) is 5.88 Å². The first-order chi connectivity index (χ1) is 9.13. The Labute approximate surface area is 110 Å². The fourth-order valence-electron chi connectivity index (χ4n) is 1.24. The number of ether oxygens (including phenoxy) is 2. The van der Waals surface area contributed by atoms with Crippen LogP contribution in [-0.2, 0) is 9.53 Å². The number of rotatable bonds is 5. The molecule has 1 rings (SSSR count). The van der Waals surface area contributed by atoms with E-state index >= 15 is 0 Å². The molecule has 19 heavy (non-hydrogen) atoms. The molecular weight excluding hydrogens is 248 g/mol. The van der Waals surface area contributed by atoms with Crippen LogP contribution in [0.2, 0.25) is 0 Å². The molecule has 0 aliphatic heterocycles. The number of carbonyl (C=O) groups excluding carboxylic acids is 1. The second-order valence-corrected chi connectivity index (χ2v) is 3.30. The van der Waals surface area contributed by atoms with E-state index in [1.54, 1.807) is 19.9 Å². The summed E-state index contributed by atoms with van der Waals surface area (Å²) in [7, 11) is 0. The molecule has 2 N–H and O–H groups in total. The molecule has 0 radical (unpaired) electrons. The number of carbonyl (C=O) groups is 1. The molecule has 1 heterocycles. The Morgan fingerprint density at radius 3 is 2.74 bits per heavy atom. The minimum Gasteiger partial charge on any atom is -0.477 e. The van der Waals surface area contributed by atoms with Crippen molar-refractivity contribution in [1.29, 1.82) is 5.26 Å². The van der Waals surface area contributed by atoms with Crippen molar-refractivity contribution in [1.82, 2.24) is 9.97 Å². The third-order valence-corrected chi connectivity index (χ3v) is 2.04. The smallest absolute Gasteiger partial charge is 0.351 e. The highest BCUT2D eigenvalue weighted by Crippen LogP contribution is 2.14. The summed E-state index contributed by atoms with van der Waals surface area (Å²) in [5, 5.41) is 8.96. The van der Waals surface area contributed by atoms with Crippen LogP contribution in [0.3, 0.4) is 0 Å².